The first-order chi connectivity index (χ1) is 8.91. The van der Waals surface area contributed by atoms with E-state index in [0.717, 1.165) is 25.7 Å². The van der Waals surface area contributed by atoms with Crippen molar-refractivity contribution in [2.24, 2.45) is 11.7 Å². The number of nitrogens with one attached hydrogen (secondary N) is 2. The van der Waals surface area contributed by atoms with Crippen LogP contribution >= 0.6 is 0 Å². The standard InChI is InChI=1S/C13H25N3O3/c1-8(2)11(16-13(14)19)12(18)15-9-6-4-3-5-7-10(9)17/h8-11,17H,3-7H2,1-2H3,(H,15,18)(H3,14,16,19). The molecular formula is C13H25N3O3. The topological polar surface area (TPSA) is 104 Å². The smallest absolute Gasteiger partial charge is 0.312 e. The van der Waals surface area contributed by atoms with Gasteiger partial charge in [-0.2, -0.15) is 0 Å². The maximum atomic E-state index is 12.2. The van der Waals surface area contributed by atoms with Crippen LogP contribution in [0.25, 0.3) is 0 Å². The molecule has 6 heteroatoms. The summed E-state index contributed by atoms with van der Waals surface area (Å²) in [6.07, 6.45) is 4.04. The fourth-order valence-electron chi connectivity index (χ4n) is 2.42. The van der Waals surface area contributed by atoms with Crippen LogP contribution in [0.1, 0.15) is 46.0 Å². The molecule has 3 amide bonds. The molecule has 0 spiro atoms. The van der Waals surface area contributed by atoms with Crippen LogP contribution in [0.2, 0.25) is 0 Å². The first-order valence-electron chi connectivity index (χ1n) is 6.96. The van der Waals surface area contributed by atoms with Gasteiger partial charge in [-0.3, -0.25) is 4.79 Å². The van der Waals surface area contributed by atoms with Gasteiger partial charge >= 0.3 is 6.03 Å². The van der Waals surface area contributed by atoms with E-state index in [9.17, 15) is 14.7 Å². The van der Waals surface area contributed by atoms with Gasteiger partial charge in [0.15, 0.2) is 0 Å². The molecular weight excluding hydrogens is 246 g/mol. The third kappa shape index (κ3) is 5.06. The molecule has 0 saturated heterocycles. The predicted molar refractivity (Wildman–Crippen MR) is 72.4 cm³/mol. The second-order valence-corrected chi connectivity index (χ2v) is 5.55. The number of carbonyl (C=O) groups excluding carboxylic acids is 2. The van der Waals surface area contributed by atoms with E-state index >= 15 is 0 Å². The van der Waals surface area contributed by atoms with Gasteiger partial charge in [-0.15, -0.1) is 0 Å². The summed E-state index contributed by atoms with van der Waals surface area (Å²) in [5.41, 5.74) is 5.07. The summed E-state index contributed by atoms with van der Waals surface area (Å²) >= 11 is 0. The average Bonchev–Trinajstić information content (AvgIpc) is 2.51. The Kier molecular flexibility index (Phi) is 6.08. The van der Waals surface area contributed by atoms with Crippen molar-refractivity contribution in [3.63, 3.8) is 0 Å². The second-order valence-electron chi connectivity index (χ2n) is 5.55. The molecule has 1 rings (SSSR count). The summed E-state index contributed by atoms with van der Waals surface area (Å²) in [4.78, 5) is 23.1. The minimum Gasteiger partial charge on any atom is -0.391 e. The number of primary amides is 1. The zero-order valence-electron chi connectivity index (χ0n) is 11.7. The molecule has 0 aromatic rings. The number of amides is 3. The maximum absolute atomic E-state index is 12.2. The number of nitrogens with two attached hydrogens (primary N) is 1. The highest BCUT2D eigenvalue weighted by Gasteiger charge is 2.28. The van der Waals surface area contributed by atoms with Crippen molar-refractivity contribution in [1.29, 1.82) is 0 Å². The Hall–Kier alpha value is -1.30. The summed E-state index contributed by atoms with van der Waals surface area (Å²) in [6, 6.07) is -1.60. The first kappa shape index (κ1) is 15.8. The highest BCUT2D eigenvalue weighted by molar-refractivity contribution is 5.86. The lowest BCUT2D eigenvalue weighted by atomic mass is 10.0. The zero-order valence-corrected chi connectivity index (χ0v) is 11.7. The van der Waals surface area contributed by atoms with Gasteiger partial charge in [-0.25, -0.2) is 4.79 Å². The lowest BCUT2D eigenvalue weighted by Crippen LogP contribution is -2.55. The molecule has 1 saturated carbocycles. The van der Waals surface area contributed by atoms with Gasteiger partial charge in [-0.05, 0) is 18.8 Å². The lowest BCUT2D eigenvalue weighted by Gasteiger charge is -2.26. The number of urea groups is 1. The van der Waals surface area contributed by atoms with Crippen molar-refractivity contribution in [3.05, 3.63) is 0 Å². The number of hydrogen-bond donors (Lipinski definition) is 4. The SMILES string of the molecule is CC(C)C(NC(N)=O)C(=O)NC1CCCCCC1O. The maximum Gasteiger partial charge on any atom is 0.312 e. The van der Waals surface area contributed by atoms with Crippen LogP contribution in [0.4, 0.5) is 4.79 Å². The monoisotopic (exact) mass is 271 g/mol. The van der Waals surface area contributed by atoms with Crippen molar-refractivity contribution < 1.29 is 14.7 Å². The van der Waals surface area contributed by atoms with Gasteiger partial charge in [0.2, 0.25) is 5.91 Å². The van der Waals surface area contributed by atoms with Crippen molar-refractivity contribution in [2.45, 2.75) is 64.1 Å². The normalized spacial score (nSPS) is 25.5. The molecule has 0 heterocycles. The molecule has 3 unspecified atom stereocenters. The Balaban J connectivity index is 2.61. The largest absolute Gasteiger partial charge is 0.391 e. The number of hydrogen-bond acceptors (Lipinski definition) is 3. The quantitative estimate of drug-likeness (QED) is 0.559. The van der Waals surface area contributed by atoms with E-state index in [1.54, 1.807) is 0 Å². The first-order valence-corrected chi connectivity index (χ1v) is 6.96. The Morgan fingerprint density at radius 2 is 1.84 bits per heavy atom. The summed E-state index contributed by atoms with van der Waals surface area (Å²) in [7, 11) is 0. The summed E-state index contributed by atoms with van der Waals surface area (Å²) in [6.45, 7) is 3.67. The molecule has 5 N–H and O–H groups in total. The van der Waals surface area contributed by atoms with Gasteiger partial charge in [-0.1, -0.05) is 33.1 Å². The zero-order chi connectivity index (χ0) is 14.4. The van der Waals surface area contributed by atoms with Gasteiger partial charge in [0, 0.05) is 0 Å². The van der Waals surface area contributed by atoms with E-state index in [-0.39, 0.29) is 17.9 Å². The highest BCUT2D eigenvalue weighted by atomic mass is 16.3. The van der Waals surface area contributed by atoms with Crippen LogP contribution in [0.5, 0.6) is 0 Å². The third-order valence-electron chi connectivity index (χ3n) is 3.55. The van der Waals surface area contributed by atoms with E-state index in [0.29, 0.717) is 6.42 Å². The van der Waals surface area contributed by atoms with Gasteiger partial charge in [0.25, 0.3) is 0 Å². The van der Waals surface area contributed by atoms with Crippen molar-refractivity contribution in [1.82, 2.24) is 10.6 Å². The van der Waals surface area contributed by atoms with Crippen LogP contribution in [0.3, 0.4) is 0 Å². The third-order valence-corrected chi connectivity index (χ3v) is 3.55. The highest BCUT2D eigenvalue weighted by Crippen LogP contribution is 2.18. The predicted octanol–water partition coefficient (Wildman–Crippen LogP) is 0.489. The molecule has 0 radical (unpaired) electrons. The van der Waals surface area contributed by atoms with E-state index in [1.807, 2.05) is 13.8 Å². The molecule has 110 valence electrons. The summed E-state index contributed by atoms with van der Waals surface area (Å²) in [5.74, 6) is -0.338. The summed E-state index contributed by atoms with van der Waals surface area (Å²) in [5, 5.41) is 15.3. The fraction of sp³-hybridized carbons (Fsp3) is 0.846. The van der Waals surface area contributed by atoms with Crippen LogP contribution in [0, 0.1) is 5.92 Å². The molecule has 0 aromatic carbocycles. The minimum absolute atomic E-state index is 0.0598. The second kappa shape index (κ2) is 7.33. The van der Waals surface area contributed by atoms with Crippen molar-refractivity contribution in [2.75, 3.05) is 0 Å². The van der Waals surface area contributed by atoms with E-state index in [4.69, 9.17) is 5.73 Å². The number of rotatable bonds is 4. The van der Waals surface area contributed by atoms with Crippen LogP contribution in [-0.2, 0) is 4.79 Å². The van der Waals surface area contributed by atoms with Gasteiger partial charge < -0.3 is 21.5 Å². The molecule has 1 fully saturated rings. The van der Waals surface area contributed by atoms with Crippen molar-refractivity contribution in [3.8, 4) is 0 Å². The molecule has 6 nitrogen and oxygen atoms in total. The molecule has 3 atom stereocenters. The Labute approximate surface area is 114 Å². The Morgan fingerprint density at radius 1 is 1.21 bits per heavy atom. The van der Waals surface area contributed by atoms with Crippen LogP contribution < -0.4 is 16.4 Å². The fourth-order valence-corrected chi connectivity index (χ4v) is 2.42. The number of carbonyl (C=O) groups is 2. The van der Waals surface area contributed by atoms with Crippen molar-refractivity contribution >= 4 is 11.9 Å². The molecule has 0 bridgehead atoms. The summed E-state index contributed by atoms with van der Waals surface area (Å²) < 4.78 is 0. The number of aliphatic hydroxyl groups excluding tert-OH is 1. The Bertz CT molecular complexity index is 320. The molecule has 19 heavy (non-hydrogen) atoms. The van der Waals surface area contributed by atoms with E-state index in [1.165, 1.54) is 0 Å². The number of aliphatic hydroxyl groups is 1. The van der Waals surface area contributed by atoms with Gasteiger partial charge in [0.05, 0.1) is 12.1 Å². The molecule has 0 aromatic heterocycles. The van der Waals surface area contributed by atoms with E-state index in [2.05, 4.69) is 10.6 Å². The Morgan fingerprint density at radius 3 is 2.42 bits per heavy atom. The van der Waals surface area contributed by atoms with Crippen LogP contribution in [0.15, 0.2) is 0 Å². The average molecular weight is 271 g/mol. The van der Waals surface area contributed by atoms with Gasteiger partial charge in [0.1, 0.15) is 6.04 Å². The molecule has 0 aliphatic heterocycles. The lowest BCUT2D eigenvalue weighted by molar-refractivity contribution is -0.125. The molecule has 1 aliphatic carbocycles. The van der Waals surface area contributed by atoms with Crippen LogP contribution in [-0.4, -0.2) is 35.2 Å². The van der Waals surface area contributed by atoms with E-state index < -0.39 is 18.2 Å². The molecule has 1 aliphatic rings. The minimum atomic E-state index is -0.713.